The Morgan fingerprint density at radius 3 is 2.74 bits per heavy atom. The third-order valence-electron chi connectivity index (χ3n) is 3.51. The molecule has 0 aromatic carbocycles. The Morgan fingerprint density at radius 1 is 1.53 bits per heavy atom. The number of nitrogens with one attached hydrogen (secondary N) is 1. The molecule has 0 spiro atoms. The van der Waals surface area contributed by atoms with Crippen molar-refractivity contribution in [2.24, 2.45) is 5.92 Å². The molecule has 6 nitrogen and oxygen atoms in total. The van der Waals surface area contributed by atoms with E-state index in [0.29, 0.717) is 6.54 Å². The van der Waals surface area contributed by atoms with Crippen molar-refractivity contribution in [1.29, 1.82) is 0 Å². The van der Waals surface area contributed by atoms with Gasteiger partial charge >= 0.3 is 5.97 Å². The SMILES string of the molecule is CC(C)C1CCCN1S(=O)(=O)c1c[nH]c(C(=O)O)c1. The van der Waals surface area contributed by atoms with Gasteiger partial charge in [0, 0.05) is 18.8 Å². The van der Waals surface area contributed by atoms with Gasteiger partial charge in [-0.15, -0.1) is 0 Å². The van der Waals surface area contributed by atoms with Crippen molar-refractivity contribution in [3.8, 4) is 0 Å². The van der Waals surface area contributed by atoms with Gasteiger partial charge in [0.25, 0.3) is 0 Å². The number of sulfonamides is 1. The summed E-state index contributed by atoms with van der Waals surface area (Å²) < 4.78 is 26.5. The summed E-state index contributed by atoms with van der Waals surface area (Å²) in [5.74, 6) is -0.918. The molecule has 2 heterocycles. The van der Waals surface area contributed by atoms with Crippen molar-refractivity contribution in [3.63, 3.8) is 0 Å². The zero-order chi connectivity index (χ0) is 14.2. The summed E-state index contributed by atoms with van der Waals surface area (Å²) >= 11 is 0. The van der Waals surface area contributed by atoms with Crippen LogP contribution in [0.1, 0.15) is 37.2 Å². The molecule has 0 amide bonds. The van der Waals surface area contributed by atoms with Crippen LogP contribution < -0.4 is 0 Å². The van der Waals surface area contributed by atoms with E-state index in [9.17, 15) is 13.2 Å². The lowest BCUT2D eigenvalue weighted by atomic mass is 10.0. The highest BCUT2D eigenvalue weighted by Crippen LogP contribution is 2.30. The van der Waals surface area contributed by atoms with Crippen LogP contribution in [0.2, 0.25) is 0 Å². The van der Waals surface area contributed by atoms with Gasteiger partial charge < -0.3 is 10.1 Å². The Balaban J connectivity index is 2.33. The molecule has 19 heavy (non-hydrogen) atoms. The Hall–Kier alpha value is -1.34. The predicted octanol–water partition coefficient (Wildman–Crippen LogP) is 1.52. The lowest BCUT2D eigenvalue weighted by Crippen LogP contribution is -2.38. The van der Waals surface area contributed by atoms with Crippen LogP contribution in [0.25, 0.3) is 0 Å². The molecular formula is C12H18N2O4S. The summed E-state index contributed by atoms with van der Waals surface area (Å²) in [7, 11) is -3.61. The molecule has 0 bridgehead atoms. The number of aromatic carboxylic acids is 1. The van der Waals surface area contributed by atoms with Crippen LogP contribution in [-0.4, -0.2) is 41.4 Å². The Kier molecular flexibility index (Phi) is 3.69. The average molecular weight is 286 g/mol. The molecule has 0 saturated carbocycles. The number of aromatic amines is 1. The van der Waals surface area contributed by atoms with Gasteiger partial charge in [0.2, 0.25) is 10.0 Å². The molecule has 2 N–H and O–H groups in total. The molecule has 1 aliphatic rings. The number of nitrogens with zero attached hydrogens (tertiary/aromatic N) is 1. The quantitative estimate of drug-likeness (QED) is 0.878. The van der Waals surface area contributed by atoms with Crippen LogP contribution >= 0.6 is 0 Å². The first-order valence-electron chi connectivity index (χ1n) is 6.27. The highest BCUT2D eigenvalue weighted by atomic mass is 32.2. The fourth-order valence-electron chi connectivity index (χ4n) is 2.51. The lowest BCUT2D eigenvalue weighted by Gasteiger charge is -2.26. The fourth-order valence-corrected chi connectivity index (χ4v) is 4.33. The van der Waals surface area contributed by atoms with E-state index in [2.05, 4.69) is 4.98 Å². The molecule has 1 aromatic rings. The number of aromatic nitrogens is 1. The van der Waals surface area contributed by atoms with Crippen LogP contribution in [0.15, 0.2) is 17.2 Å². The minimum atomic E-state index is -3.61. The van der Waals surface area contributed by atoms with Crippen molar-refractivity contribution in [1.82, 2.24) is 9.29 Å². The molecule has 1 aromatic heterocycles. The van der Waals surface area contributed by atoms with Gasteiger partial charge in [0.15, 0.2) is 0 Å². The smallest absolute Gasteiger partial charge is 0.352 e. The highest BCUT2D eigenvalue weighted by molar-refractivity contribution is 7.89. The second-order valence-corrected chi connectivity index (χ2v) is 7.01. The molecule has 1 saturated heterocycles. The Labute approximate surface area is 112 Å². The normalized spacial score (nSPS) is 21.1. The summed E-state index contributed by atoms with van der Waals surface area (Å²) in [6.07, 6.45) is 2.94. The number of hydrogen-bond donors (Lipinski definition) is 2. The second kappa shape index (κ2) is 4.97. The van der Waals surface area contributed by atoms with Crippen molar-refractivity contribution in [3.05, 3.63) is 18.0 Å². The average Bonchev–Trinajstić information content (AvgIpc) is 2.98. The molecule has 0 radical (unpaired) electrons. The number of carboxylic acids is 1. The van der Waals surface area contributed by atoms with E-state index < -0.39 is 16.0 Å². The van der Waals surface area contributed by atoms with E-state index in [1.54, 1.807) is 0 Å². The highest BCUT2D eigenvalue weighted by Gasteiger charge is 2.37. The zero-order valence-electron chi connectivity index (χ0n) is 11.0. The number of carboxylic acid groups (broad SMARTS) is 1. The van der Waals surface area contributed by atoms with E-state index in [1.165, 1.54) is 16.6 Å². The van der Waals surface area contributed by atoms with Gasteiger partial charge in [0.1, 0.15) is 10.6 Å². The minimum absolute atomic E-state index is 0.00632. The number of hydrogen-bond acceptors (Lipinski definition) is 3. The molecule has 106 valence electrons. The van der Waals surface area contributed by atoms with Crippen LogP contribution in [0, 0.1) is 5.92 Å². The largest absolute Gasteiger partial charge is 0.477 e. The summed E-state index contributed by atoms with van der Waals surface area (Å²) in [6, 6.07) is 1.17. The first kappa shape index (κ1) is 14.1. The molecule has 1 unspecified atom stereocenters. The molecule has 1 atom stereocenters. The standard InChI is InChI=1S/C12H18N2O4S/c1-8(2)11-4-3-5-14(11)19(17,18)9-6-10(12(15)16)13-7-9/h6-8,11,13H,3-5H2,1-2H3,(H,15,16). The molecule has 2 rings (SSSR count). The van der Waals surface area contributed by atoms with E-state index in [0.717, 1.165) is 12.8 Å². The summed E-state index contributed by atoms with van der Waals surface area (Å²) in [4.78, 5) is 13.3. The lowest BCUT2D eigenvalue weighted by molar-refractivity contribution is 0.0691. The van der Waals surface area contributed by atoms with Crippen molar-refractivity contribution < 1.29 is 18.3 Å². The zero-order valence-corrected chi connectivity index (χ0v) is 11.8. The van der Waals surface area contributed by atoms with Crippen molar-refractivity contribution >= 4 is 16.0 Å². The number of rotatable bonds is 4. The first-order valence-corrected chi connectivity index (χ1v) is 7.71. The summed E-state index contributed by atoms with van der Waals surface area (Å²) in [5.41, 5.74) is -0.112. The van der Waals surface area contributed by atoms with Crippen LogP contribution in [0.4, 0.5) is 0 Å². The second-order valence-electron chi connectivity index (χ2n) is 5.12. The molecule has 7 heteroatoms. The number of H-pyrrole nitrogens is 1. The topological polar surface area (TPSA) is 90.5 Å². The van der Waals surface area contributed by atoms with Gasteiger partial charge in [-0.25, -0.2) is 13.2 Å². The first-order chi connectivity index (χ1) is 8.84. The van der Waals surface area contributed by atoms with Crippen LogP contribution in [0.5, 0.6) is 0 Å². The molecule has 1 aliphatic heterocycles. The molecular weight excluding hydrogens is 268 g/mol. The maximum Gasteiger partial charge on any atom is 0.352 e. The predicted molar refractivity (Wildman–Crippen MR) is 69.5 cm³/mol. The Morgan fingerprint density at radius 2 is 2.21 bits per heavy atom. The van der Waals surface area contributed by atoms with Gasteiger partial charge in [0.05, 0.1) is 0 Å². The molecule has 0 aliphatic carbocycles. The maximum atomic E-state index is 12.5. The third-order valence-corrected chi connectivity index (χ3v) is 5.41. The summed E-state index contributed by atoms with van der Waals surface area (Å²) in [5, 5.41) is 8.83. The van der Waals surface area contributed by atoms with Crippen molar-refractivity contribution in [2.75, 3.05) is 6.54 Å². The van der Waals surface area contributed by atoms with Gasteiger partial charge in [-0.3, -0.25) is 0 Å². The van der Waals surface area contributed by atoms with Crippen LogP contribution in [0.3, 0.4) is 0 Å². The van der Waals surface area contributed by atoms with E-state index in [-0.39, 0.29) is 22.5 Å². The number of carbonyl (C=O) groups is 1. The fraction of sp³-hybridized carbons (Fsp3) is 0.583. The van der Waals surface area contributed by atoms with E-state index >= 15 is 0 Å². The van der Waals surface area contributed by atoms with Gasteiger partial charge in [-0.2, -0.15) is 4.31 Å². The molecule has 1 fully saturated rings. The Bertz CT molecular complexity index is 576. The van der Waals surface area contributed by atoms with Gasteiger partial charge in [-0.05, 0) is 24.8 Å². The monoisotopic (exact) mass is 286 g/mol. The van der Waals surface area contributed by atoms with Gasteiger partial charge in [-0.1, -0.05) is 13.8 Å². The minimum Gasteiger partial charge on any atom is -0.477 e. The van der Waals surface area contributed by atoms with E-state index in [1.807, 2.05) is 13.8 Å². The van der Waals surface area contributed by atoms with E-state index in [4.69, 9.17) is 5.11 Å². The maximum absolute atomic E-state index is 12.5. The van der Waals surface area contributed by atoms with Crippen LogP contribution in [-0.2, 0) is 10.0 Å². The van der Waals surface area contributed by atoms with Crippen molar-refractivity contribution in [2.45, 2.75) is 37.6 Å². The third kappa shape index (κ3) is 2.52. The summed E-state index contributed by atoms with van der Waals surface area (Å²) in [6.45, 7) is 4.50.